The molecule has 0 bridgehead atoms. The summed E-state index contributed by atoms with van der Waals surface area (Å²) in [4.78, 5) is 37.6. The zero-order valence-electron chi connectivity index (χ0n) is 18.7. The molecule has 4 aliphatic carbocycles. The van der Waals surface area contributed by atoms with Gasteiger partial charge in [-0.1, -0.05) is 32.4 Å². The van der Waals surface area contributed by atoms with E-state index in [1.165, 1.54) is 5.57 Å². The number of rotatable bonds is 5. The SMILES string of the molecule is CCCC(=O)O[C@@]1(C(=O)CO)CC[C@H]2[C@@H]3CC[C@H]4CC(=O)CC[C@]4(C)C3=CC[C@@]21C. The van der Waals surface area contributed by atoms with Gasteiger partial charge in [-0.15, -0.1) is 0 Å². The third-order valence-electron chi connectivity index (χ3n) is 9.30. The molecule has 166 valence electrons. The number of hydrogen-bond donors (Lipinski definition) is 1. The van der Waals surface area contributed by atoms with Gasteiger partial charge in [0, 0.05) is 24.7 Å². The van der Waals surface area contributed by atoms with E-state index in [4.69, 9.17) is 4.74 Å². The number of allylic oxidation sites excluding steroid dienone is 2. The predicted molar refractivity (Wildman–Crippen MR) is 113 cm³/mol. The average molecular weight is 417 g/mol. The van der Waals surface area contributed by atoms with E-state index in [0.29, 0.717) is 56.1 Å². The molecule has 4 aliphatic rings. The Morgan fingerprint density at radius 2 is 1.97 bits per heavy atom. The smallest absolute Gasteiger partial charge is 0.306 e. The molecule has 0 saturated heterocycles. The largest absolute Gasteiger partial charge is 0.450 e. The summed E-state index contributed by atoms with van der Waals surface area (Å²) in [6.07, 6.45) is 9.68. The average Bonchev–Trinajstić information content (AvgIpc) is 3.01. The van der Waals surface area contributed by atoms with Crippen LogP contribution in [-0.2, 0) is 19.1 Å². The Morgan fingerprint density at radius 1 is 1.20 bits per heavy atom. The van der Waals surface area contributed by atoms with Gasteiger partial charge in [0.05, 0.1) is 0 Å². The minimum absolute atomic E-state index is 0.0727. The van der Waals surface area contributed by atoms with Crippen molar-refractivity contribution in [3.8, 4) is 0 Å². The van der Waals surface area contributed by atoms with Gasteiger partial charge < -0.3 is 9.84 Å². The minimum atomic E-state index is -1.22. The van der Waals surface area contributed by atoms with Gasteiger partial charge in [-0.25, -0.2) is 0 Å². The lowest BCUT2D eigenvalue weighted by Gasteiger charge is -2.56. The summed E-state index contributed by atoms with van der Waals surface area (Å²) in [5.41, 5.74) is -0.150. The molecule has 5 heteroatoms. The van der Waals surface area contributed by atoms with Crippen LogP contribution < -0.4 is 0 Å². The van der Waals surface area contributed by atoms with Gasteiger partial charge in [0.25, 0.3) is 0 Å². The maximum absolute atomic E-state index is 13.0. The number of ketones is 2. The van der Waals surface area contributed by atoms with Crippen molar-refractivity contribution in [2.45, 2.75) is 90.6 Å². The van der Waals surface area contributed by atoms with Crippen LogP contribution in [0, 0.1) is 28.6 Å². The first-order valence-corrected chi connectivity index (χ1v) is 11.8. The maximum Gasteiger partial charge on any atom is 0.306 e. The highest BCUT2D eigenvalue weighted by Gasteiger charge is 2.67. The van der Waals surface area contributed by atoms with Crippen molar-refractivity contribution in [2.24, 2.45) is 28.6 Å². The number of hydrogen-bond acceptors (Lipinski definition) is 5. The van der Waals surface area contributed by atoms with Crippen LogP contribution in [0.2, 0.25) is 0 Å². The molecule has 6 atom stereocenters. The number of aliphatic hydroxyl groups is 1. The third kappa shape index (κ3) is 2.95. The van der Waals surface area contributed by atoms with Crippen LogP contribution in [0.3, 0.4) is 0 Å². The highest BCUT2D eigenvalue weighted by Crippen LogP contribution is 2.67. The van der Waals surface area contributed by atoms with Crippen LogP contribution in [-0.4, -0.2) is 34.9 Å². The molecule has 5 nitrogen and oxygen atoms in total. The fourth-order valence-corrected chi connectivity index (χ4v) is 7.57. The van der Waals surface area contributed by atoms with Crippen LogP contribution >= 0.6 is 0 Å². The molecule has 1 N–H and O–H groups in total. The second-order valence-corrected chi connectivity index (χ2v) is 10.6. The summed E-state index contributed by atoms with van der Waals surface area (Å²) in [5, 5.41) is 9.77. The molecule has 0 amide bonds. The standard InChI is InChI=1S/C25H36O5/c1-4-5-22(29)30-25(21(28)15-26)13-10-20-18-7-6-16-14-17(27)8-11-23(16,2)19(18)9-12-24(20,25)3/h9,16,18,20,26H,4-8,10-15H2,1-3H3/t16-,18+,20-,23-,24-,25+/m0/s1. The van der Waals surface area contributed by atoms with E-state index in [9.17, 15) is 19.5 Å². The van der Waals surface area contributed by atoms with Crippen molar-refractivity contribution in [3.05, 3.63) is 11.6 Å². The lowest BCUT2D eigenvalue weighted by Crippen LogP contribution is -2.58. The van der Waals surface area contributed by atoms with Crippen molar-refractivity contribution >= 4 is 17.5 Å². The lowest BCUT2D eigenvalue weighted by atomic mass is 9.48. The fourth-order valence-electron chi connectivity index (χ4n) is 7.57. The van der Waals surface area contributed by atoms with Crippen molar-refractivity contribution in [1.29, 1.82) is 0 Å². The number of carbonyl (C=O) groups excluding carboxylic acids is 3. The normalized spacial score (nSPS) is 42.6. The highest BCUT2D eigenvalue weighted by atomic mass is 16.6. The molecule has 3 saturated carbocycles. The zero-order valence-corrected chi connectivity index (χ0v) is 18.7. The van der Waals surface area contributed by atoms with E-state index in [1.54, 1.807) is 0 Å². The predicted octanol–water partition coefficient (Wildman–Crippen LogP) is 4.16. The maximum atomic E-state index is 13.0. The van der Waals surface area contributed by atoms with E-state index in [2.05, 4.69) is 19.9 Å². The molecule has 0 aromatic carbocycles. The van der Waals surface area contributed by atoms with Crippen molar-refractivity contribution in [1.82, 2.24) is 0 Å². The molecule has 30 heavy (non-hydrogen) atoms. The minimum Gasteiger partial charge on any atom is -0.450 e. The summed E-state index contributed by atoms with van der Waals surface area (Å²) in [6.45, 7) is 5.77. The van der Waals surface area contributed by atoms with Gasteiger partial charge in [-0.3, -0.25) is 14.4 Å². The van der Waals surface area contributed by atoms with Gasteiger partial charge in [0.15, 0.2) is 5.60 Å². The molecule has 0 spiro atoms. The molecule has 0 aromatic heterocycles. The summed E-state index contributed by atoms with van der Waals surface area (Å²) in [7, 11) is 0. The summed E-state index contributed by atoms with van der Waals surface area (Å²) >= 11 is 0. The topological polar surface area (TPSA) is 80.7 Å². The van der Waals surface area contributed by atoms with Gasteiger partial charge in [-0.2, -0.15) is 0 Å². The van der Waals surface area contributed by atoms with Crippen LogP contribution in [0.4, 0.5) is 0 Å². The van der Waals surface area contributed by atoms with E-state index >= 15 is 0 Å². The number of carbonyl (C=O) groups is 3. The molecule has 0 aliphatic heterocycles. The molecule has 4 rings (SSSR count). The molecule has 0 unspecified atom stereocenters. The monoisotopic (exact) mass is 416 g/mol. The molecule has 0 radical (unpaired) electrons. The fraction of sp³-hybridized carbons (Fsp3) is 0.800. The third-order valence-corrected chi connectivity index (χ3v) is 9.30. The Kier molecular flexibility index (Phi) is 5.49. The van der Waals surface area contributed by atoms with Crippen LogP contribution in [0.1, 0.15) is 85.0 Å². The number of esters is 1. The number of ether oxygens (including phenoxy) is 1. The van der Waals surface area contributed by atoms with Gasteiger partial charge in [0.2, 0.25) is 5.78 Å². The zero-order chi connectivity index (χ0) is 21.7. The first kappa shape index (κ1) is 21.7. The van der Waals surface area contributed by atoms with Crippen LogP contribution in [0.15, 0.2) is 11.6 Å². The quantitative estimate of drug-likeness (QED) is 0.538. The van der Waals surface area contributed by atoms with E-state index < -0.39 is 17.6 Å². The van der Waals surface area contributed by atoms with Crippen molar-refractivity contribution in [3.63, 3.8) is 0 Å². The Hall–Kier alpha value is -1.49. The molecular weight excluding hydrogens is 380 g/mol. The summed E-state index contributed by atoms with van der Waals surface area (Å²) in [6, 6.07) is 0. The van der Waals surface area contributed by atoms with Crippen LogP contribution in [0.25, 0.3) is 0 Å². The van der Waals surface area contributed by atoms with Crippen molar-refractivity contribution in [2.75, 3.05) is 6.61 Å². The van der Waals surface area contributed by atoms with Gasteiger partial charge in [0.1, 0.15) is 12.4 Å². The number of fused-ring (bicyclic) bond motifs is 5. The molecular formula is C25H36O5. The molecule has 3 fully saturated rings. The lowest BCUT2D eigenvalue weighted by molar-refractivity contribution is -0.185. The van der Waals surface area contributed by atoms with Crippen LogP contribution in [0.5, 0.6) is 0 Å². The van der Waals surface area contributed by atoms with E-state index in [-0.39, 0.29) is 23.1 Å². The van der Waals surface area contributed by atoms with Gasteiger partial charge in [-0.05, 0) is 68.1 Å². The highest BCUT2D eigenvalue weighted by molar-refractivity contribution is 5.92. The summed E-state index contributed by atoms with van der Waals surface area (Å²) in [5.74, 6) is 0.773. The Bertz CT molecular complexity index is 784. The Balaban J connectivity index is 1.71. The first-order chi connectivity index (χ1) is 14.2. The van der Waals surface area contributed by atoms with E-state index in [0.717, 1.165) is 25.7 Å². The molecule has 0 heterocycles. The Morgan fingerprint density at radius 3 is 2.67 bits per heavy atom. The second kappa shape index (κ2) is 7.58. The van der Waals surface area contributed by atoms with Crippen molar-refractivity contribution < 1.29 is 24.2 Å². The number of aliphatic hydroxyl groups excluding tert-OH is 1. The van der Waals surface area contributed by atoms with Gasteiger partial charge >= 0.3 is 5.97 Å². The number of Topliss-reactive ketones (excluding diaryl/α,β-unsaturated/α-hetero) is 2. The molecule has 0 aromatic rings. The summed E-state index contributed by atoms with van der Waals surface area (Å²) < 4.78 is 5.97. The second-order valence-electron chi connectivity index (χ2n) is 10.6. The van der Waals surface area contributed by atoms with E-state index in [1.807, 2.05) is 6.92 Å². The Labute approximate surface area is 179 Å². The first-order valence-electron chi connectivity index (χ1n) is 11.8.